The second-order valence-corrected chi connectivity index (χ2v) is 14.7. The van der Waals surface area contributed by atoms with Crippen LogP contribution >= 0.6 is 11.6 Å². The average molecular weight is 736 g/mol. The maximum Gasteiger partial charge on any atom is 0.410 e. The van der Waals surface area contributed by atoms with Gasteiger partial charge in [0.05, 0.1) is 35.8 Å². The number of aromatic nitrogens is 5. The Labute approximate surface area is 294 Å². The molecule has 2 aliphatic heterocycles. The van der Waals surface area contributed by atoms with Crippen LogP contribution in [-0.2, 0) is 9.53 Å². The van der Waals surface area contributed by atoms with Gasteiger partial charge in [-0.1, -0.05) is 51.4 Å². The van der Waals surface area contributed by atoms with E-state index in [1.54, 1.807) is 25.1 Å². The molecule has 272 valence electrons. The van der Waals surface area contributed by atoms with Crippen molar-refractivity contribution in [2.75, 3.05) is 19.7 Å². The van der Waals surface area contributed by atoms with Gasteiger partial charge in [-0.3, -0.25) is 19.7 Å². The fourth-order valence-corrected chi connectivity index (χ4v) is 6.94. The summed E-state index contributed by atoms with van der Waals surface area (Å²) in [6.07, 6.45) is 5.28. The number of nitrogens with two attached hydrogens (primary N) is 1. The summed E-state index contributed by atoms with van der Waals surface area (Å²) in [7, 11) is 0. The number of H-pyrrole nitrogens is 1. The van der Waals surface area contributed by atoms with Gasteiger partial charge in [0.15, 0.2) is 17.3 Å². The smallest absolute Gasteiger partial charge is 0.410 e. The number of allylic oxidation sites excluding steroid dienone is 3. The predicted molar refractivity (Wildman–Crippen MR) is 176 cm³/mol. The van der Waals surface area contributed by atoms with Crippen molar-refractivity contribution in [3.8, 4) is 11.4 Å². The maximum atomic E-state index is 16.7. The second kappa shape index (κ2) is 12.8. The van der Waals surface area contributed by atoms with E-state index >= 15 is 9.18 Å². The van der Waals surface area contributed by atoms with Crippen LogP contribution in [0, 0.1) is 10.8 Å². The standard InChI is InChI=1S/C33H35ClF5N9O3/c1-30(2,3)14-33(31(4)8-7-18(10-24(31)35)20-11-43-47(12-20)27(36)37)26(49)48(28(40)44-33)23(13-51-29(50)46-15-32(38,39)16-46)19-5-6-22(34)21(9-19)25-41-17-42-45-25/h5-7,9-12,17,23,27H,8,13-16H2,1-4H3,(H2,40,44)(H,41,42,45)/t23-,31?,33+/m1/s1. The lowest BCUT2D eigenvalue weighted by atomic mass is 9.60. The number of carbonyl (C=O) groups is 2. The summed E-state index contributed by atoms with van der Waals surface area (Å²) < 4.78 is 76.2. The Morgan fingerprint density at radius 1 is 1.22 bits per heavy atom. The first-order valence-corrected chi connectivity index (χ1v) is 16.3. The molecule has 1 saturated heterocycles. The first kappa shape index (κ1) is 36.0. The summed E-state index contributed by atoms with van der Waals surface area (Å²) >= 11 is 6.48. The Kier molecular flexibility index (Phi) is 9.01. The minimum absolute atomic E-state index is 0.0135. The van der Waals surface area contributed by atoms with E-state index in [2.05, 4.69) is 20.3 Å². The third-order valence-corrected chi connectivity index (χ3v) is 9.65. The van der Waals surface area contributed by atoms with Crippen molar-refractivity contribution in [2.45, 2.75) is 64.6 Å². The molecule has 1 unspecified atom stereocenters. The van der Waals surface area contributed by atoms with Crippen molar-refractivity contribution in [1.29, 1.82) is 0 Å². The number of hydrogen-bond donors (Lipinski definition) is 2. The van der Waals surface area contributed by atoms with E-state index in [0.29, 0.717) is 27.2 Å². The zero-order valence-corrected chi connectivity index (χ0v) is 28.8. The van der Waals surface area contributed by atoms with Crippen LogP contribution in [0.5, 0.6) is 0 Å². The highest BCUT2D eigenvalue weighted by molar-refractivity contribution is 6.33. The zero-order valence-electron chi connectivity index (χ0n) is 28.0. The van der Waals surface area contributed by atoms with Gasteiger partial charge >= 0.3 is 12.6 Å². The first-order chi connectivity index (χ1) is 23.8. The molecule has 0 saturated carbocycles. The molecule has 1 fully saturated rings. The van der Waals surface area contributed by atoms with Crippen molar-refractivity contribution >= 4 is 35.1 Å². The molecule has 0 spiro atoms. The van der Waals surface area contributed by atoms with Crippen LogP contribution in [0.4, 0.5) is 26.7 Å². The summed E-state index contributed by atoms with van der Waals surface area (Å²) in [5.41, 5.74) is 3.79. The average Bonchev–Trinajstić information content (AvgIpc) is 3.79. The minimum atomic E-state index is -3.04. The molecular formula is C33H35ClF5N9O3. The van der Waals surface area contributed by atoms with Gasteiger partial charge in [0.1, 0.15) is 18.8 Å². The Balaban J connectivity index is 1.40. The van der Waals surface area contributed by atoms with E-state index in [4.69, 9.17) is 27.1 Å². The molecule has 6 rings (SSSR count). The normalized spacial score (nSPS) is 23.9. The van der Waals surface area contributed by atoms with E-state index in [9.17, 15) is 22.4 Å². The van der Waals surface area contributed by atoms with Crippen molar-refractivity contribution in [3.63, 3.8) is 0 Å². The highest BCUT2D eigenvalue weighted by Gasteiger charge is 2.63. The monoisotopic (exact) mass is 735 g/mol. The summed E-state index contributed by atoms with van der Waals surface area (Å²) in [6, 6.07) is 3.50. The Morgan fingerprint density at radius 2 is 1.94 bits per heavy atom. The van der Waals surface area contributed by atoms with Crippen LogP contribution in [0.3, 0.4) is 0 Å². The molecule has 0 bridgehead atoms. The van der Waals surface area contributed by atoms with E-state index in [1.165, 1.54) is 24.7 Å². The van der Waals surface area contributed by atoms with Gasteiger partial charge in [0.25, 0.3) is 11.8 Å². The number of ether oxygens (including phenoxy) is 1. The zero-order chi connectivity index (χ0) is 37.1. The number of halogens is 6. The van der Waals surface area contributed by atoms with Crippen LogP contribution in [0.25, 0.3) is 17.0 Å². The Bertz CT molecular complexity index is 1930. The third kappa shape index (κ3) is 6.58. The molecule has 3 atom stereocenters. The van der Waals surface area contributed by atoms with Gasteiger partial charge < -0.3 is 10.5 Å². The largest absolute Gasteiger partial charge is 0.447 e. The molecule has 2 aromatic heterocycles. The molecule has 2 amide bonds. The highest BCUT2D eigenvalue weighted by Crippen LogP contribution is 2.56. The van der Waals surface area contributed by atoms with Crippen LogP contribution in [0.15, 0.2) is 59.9 Å². The summed E-state index contributed by atoms with van der Waals surface area (Å²) in [4.78, 5) is 38.7. The molecule has 3 N–H and O–H groups in total. The van der Waals surface area contributed by atoms with Gasteiger partial charge in [-0.25, -0.2) is 32.6 Å². The van der Waals surface area contributed by atoms with E-state index in [-0.39, 0.29) is 29.4 Å². The summed E-state index contributed by atoms with van der Waals surface area (Å²) in [6.45, 7) is 2.04. The lowest BCUT2D eigenvalue weighted by molar-refractivity contribution is -0.139. The number of rotatable bonds is 9. The number of carbonyl (C=O) groups excluding carboxylic acids is 2. The second-order valence-electron chi connectivity index (χ2n) is 14.3. The fraction of sp³-hybridized carbons (Fsp3) is 0.455. The molecule has 51 heavy (non-hydrogen) atoms. The lowest BCUT2D eigenvalue weighted by Gasteiger charge is -2.46. The van der Waals surface area contributed by atoms with Crippen LogP contribution in [0.1, 0.15) is 64.3 Å². The molecule has 4 heterocycles. The van der Waals surface area contributed by atoms with Crippen LogP contribution in [-0.4, -0.2) is 83.9 Å². The molecule has 1 aliphatic carbocycles. The summed E-state index contributed by atoms with van der Waals surface area (Å²) in [5, 5.41) is 10.5. The number of guanidine groups is 1. The molecule has 1 aromatic carbocycles. The molecular weight excluding hydrogens is 701 g/mol. The Morgan fingerprint density at radius 3 is 2.53 bits per heavy atom. The summed E-state index contributed by atoms with van der Waals surface area (Å²) in [5.74, 6) is -4.48. The minimum Gasteiger partial charge on any atom is -0.447 e. The van der Waals surface area contributed by atoms with E-state index in [1.807, 2.05) is 20.8 Å². The van der Waals surface area contributed by atoms with Crippen molar-refractivity contribution in [3.05, 3.63) is 71.0 Å². The number of aliphatic imine (C=N–C) groups is 1. The predicted octanol–water partition coefficient (Wildman–Crippen LogP) is 6.52. The molecule has 3 aliphatic rings. The van der Waals surface area contributed by atoms with Crippen LogP contribution < -0.4 is 5.73 Å². The number of nitrogens with one attached hydrogen (secondary N) is 1. The number of aromatic amines is 1. The number of nitrogens with zero attached hydrogens (tertiary/aromatic N) is 7. The first-order valence-electron chi connectivity index (χ1n) is 15.9. The van der Waals surface area contributed by atoms with Gasteiger partial charge in [-0.2, -0.15) is 19.0 Å². The van der Waals surface area contributed by atoms with Gasteiger partial charge in [-0.15, -0.1) is 0 Å². The quantitative estimate of drug-likeness (QED) is 0.238. The van der Waals surface area contributed by atoms with Gasteiger partial charge in [0.2, 0.25) is 0 Å². The number of likely N-dealkylation sites (tertiary alicyclic amines) is 1. The molecule has 18 heteroatoms. The van der Waals surface area contributed by atoms with Gasteiger partial charge in [-0.05, 0) is 47.6 Å². The van der Waals surface area contributed by atoms with Crippen molar-refractivity contribution in [2.24, 2.45) is 21.6 Å². The van der Waals surface area contributed by atoms with Crippen LogP contribution in [0.2, 0.25) is 5.02 Å². The number of hydrogen-bond acceptors (Lipinski definition) is 8. The molecule has 0 radical (unpaired) electrons. The number of benzene rings is 1. The molecule has 12 nitrogen and oxygen atoms in total. The lowest BCUT2D eigenvalue weighted by Crippen LogP contribution is -2.59. The SMILES string of the molecule is CC(C)(C)C[C@]1(C2(C)CC=C(c3cnn(C(F)F)c3)C=C2F)N=C(N)N([C@H](COC(=O)N2CC(F)(F)C2)c2ccc(Cl)c(-c3ncn[nH]3)c2)C1=O. The van der Waals surface area contributed by atoms with E-state index < -0.39 is 72.4 Å². The highest BCUT2D eigenvalue weighted by atomic mass is 35.5. The van der Waals surface area contributed by atoms with E-state index in [0.717, 1.165) is 16.0 Å². The topological polar surface area (TPSA) is 148 Å². The van der Waals surface area contributed by atoms with Crippen molar-refractivity contribution in [1.82, 2.24) is 34.8 Å². The molecule has 3 aromatic rings. The third-order valence-electron chi connectivity index (χ3n) is 9.32. The Hall–Kier alpha value is -4.80. The fourth-order valence-electron chi connectivity index (χ4n) is 6.74. The maximum absolute atomic E-state index is 16.7. The van der Waals surface area contributed by atoms with Gasteiger partial charge in [0, 0.05) is 17.3 Å². The number of alkyl halides is 4. The van der Waals surface area contributed by atoms with Crippen molar-refractivity contribution < 1.29 is 36.3 Å². The number of amides is 2.